The number of hydrogen-bond donors (Lipinski definition) is 0. The predicted molar refractivity (Wildman–Crippen MR) is 95.9 cm³/mol. The molecule has 0 unspecified atom stereocenters. The zero-order chi connectivity index (χ0) is 15.6. The lowest BCUT2D eigenvalue weighted by atomic mass is 10.1. The summed E-state index contributed by atoms with van der Waals surface area (Å²) in [6.45, 7) is 6.67. The second-order valence-corrected chi connectivity index (χ2v) is 8.38. The monoisotopic (exact) mass is 308 g/mol. The Hall–Kier alpha value is -1.92. The summed E-state index contributed by atoms with van der Waals surface area (Å²) in [5.74, 6) is 0. The summed E-state index contributed by atoms with van der Waals surface area (Å²) >= 11 is 0. The van der Waals surface area contributed by atoms with Crippen molar-refractivity contribution in [2.24, 2.45) is 0 Å². The number of hydrogen-bond acceptors (Lipinski definition) is 1. The Morgan fingerprint density at radius 1 is 0.818 bits per heavy atom. The first-order chi connectivity index (χ1) is 10.6. The van der Waals surface area contributed by atoms with Crippen LogP contribution >= 0.6 is 7.92 Å². The van der Waals surface area contributed by atoms with Crippen LogP contribution in [0.25, 0.3) is 0 Å². The largest absolute Gasteiger partial charge is 0.326 e. The highest BCUT2D eigenvalue weighted by molar-refractivity contribution is 7.79. The molecule has 2 aromatic carbocycles. The second kappa shape index (κ2) is 6.06. The summed E-state index contributed by atoms with van der Waals surface area (Å²) in [4.78, 5) is 4.73. The van der Waals surface area contributed by atoms with Gasteiger partial charge in [-0.2, -0.15) is 0 Å². The number of aromatic nitrogens is 2. The van der Waals surface area contributed by atoms with E-state index in [1.807, 2.05) is 6.20 Å². The molecule has 3 heteroatoms. The summed E-state index contributed by atoms with van der Waals surface area (Å²) in [7, 11) is -0.642. The van der Waals surface area contributed by atoms with Crippen LogP contribution in [-0.2, 0) is 5.54 Å². The van der Waals surface area contributed by atoms with Crippen molar-refractivity contribution in [3.05, 3.63) is 73.1 Å². The van der Waals surface area contributed by atoms with Gasteiger partial charge in [-0.15, -0.1) is 0 Å². The van der Waals surface area contributed by atoms with E-state index in [1.54, 1.807) is 0 Å². The standard InChI is InChI=1S/C19H21N2P/c1-19(2,3)21-15-14-20-18(21)22(16-10-6-4-7-11-16)17-12-8-5-9-13-17/h4-15H,1-3H3. The zero-order valence-electron chi connectivity index (χ0n) is 13.3. The van der Waals surface area contributed by atoms with Gasteiger partial charge in [0.05, 0.1) is 0 Å². The third-order valence-corrected chi connectivity index (χ3v) is 5.93. The second-order valence-electron chi connectivity index (χ2n) is 6.27. The van der Waals surface area contributed by atoms with Gasteiger partial charge < -0.3 is 4.57 Å². The molecule has 0 aliphatic carbocycles. The highest BCUT2D eigenvalue weighted by Crippen LogP contribution is 2.33. The predicted octanol–water partition coefficient (Wildman–Crippen LogP) is 3.40. The Morgan fingerprint density at radius 3 is 1.77 bits per heavy atom. The molecule has 22 heavy (non-hydrogen) atoms. The van der Waals surface area contributed by atoms with Gasteiger partial charge in [-0.1, -0.05) is 60.7 Å². The van der Waals surface area contributed by atoms with Crippen LogP contribution in [0, 0.1) is 0 Å². The maximum Gasteiger partial charge on any atom is 0.140 e. The highest BCUT2D eigenvalue weighted by Gasteiger charge is 2.25. The fraction of sp³-hybridized carbons (Fsp3) is 0.211. The molecular weight excluding hydrogens is 287 g/mol. The van der Waals surface area contributed by atoms with Crippen molar-refractivity contribution in [1.29, 1.82) is 0 Å². The summed E-state index contributed by atoms with van der Waals surface area (Å²) in [6.07, 6.45) is 4.01. The summed E-state index contributed by atoms with van der Waals surface area (Å²) in [6, 6.07) is 21.4. The van der Waals surface area contributed by atoms with Gasteiger partial charge in [0.15, 0.2) is 0 Å². The Morgan fingerprint density at radius 2 is 1.32 bits per heavy atom. The Balaban J connectivity index is 2.18. The Bertz CT molecular complexity index is 687. The van der Waals surface area contributed by atoms with E-state index < -0.39 is 7.92 Å². The van der Waals surface area contributed by atoms with E-state index in [2.05, 4.69) is 92.2 Å². The zero-order valence-corrected chi connectivity index (χ0v) is 14.2. The average molecular weight is 308 g/mol. The van der Waals surface area contributed by atoms with Gasteiger partial charge in [-0.25, -0.2) is 4.98 Å². The van der Waals surface area contributed by atoms with Crippen molar-refractivity contribution >= 4 is 24.1 Å². The first kappa shape index (κ1) is 15.0. The van der Waals surface area contributed by atoms with Crippen LogP contribution < -0.4 is 16.2 Å². The molecule has 0 bridgehead atoms. The van der Waals surface area contributed by atoms with Gasteiger partial charge in [-0.3, -0.25) is 0 Å². The molecule has 1 aromatic heterocycles. The minimum absolute atomic E-state index is 0.0238. The van der Waals surface area contributed by atoms with Crippen LogP contribution in [0.15, 0.2) is 73.1 Å². The van der Waals surface area contributed by atoms with E-state index in [0.717, 1.165) is 5.57 Å². The van der Waals surface area contributed by atoms with E-state index in [1.165, 1.54) is 10.6 Å². The maximum atomic E-state index is 4.73. The fourth-order valence-electron chi connectivity index (χ4n) is 2.52. The lowest BCUT2D eigenvalue weighted by molar-refractivity contribution is 0.406. The number of benzene rings is 2. The molecule has 0 saturated carbocycles. The van der Waals surface area contributed by atoms with Gasteiger partial charge in [0.25, 0.3) is 0 Å². The fourth-order valence-corrected chi connectivity index (χ4v) is 4.98. The molecule has 2 nitrogen and oxygen atoms in total. The number of nitrogens with zero attached hydrogens (tertiary/aromatic N) is 2. The van der Waals surface area contributed by atoms with Gasteiger partial charge in [-0.05, 0) is 31.4 Å². The lowest BCUT2D eigenvalue weighted by Crippen LogP contribution is -2.35. The minimum Gasteiger partial charge on any atom is -0.326 e. The highest BCUT2D eigenvalue weighted by atomic mass is 31.1. The van der Waals surface area contributed by atoms with Crippen LogP contribution in [0.1, 0.15) is 20.8 Å². The van der Waals surface area contributed by atoms with Crippen LogP contribution in [-0.4, -0.2) is 9.55 Å². The van der Waals surface area contributed by atoms with Crippen molar-refractivity contribution in [1.82, 2.24) is 9.55 Å². The molecule has 0 N–H and O–H groups in total. The molecule has 0 fully saturated rings. The quantitative estimate of drug-likeness (QED) is 0.678. The normalized spacial score (nSPS) is 11.8. The molecule has 3 rings (SSSR count). The Labute approximate surface area is 133 Å². The number of imidazole rings is 1. The molecule has 112 valence electrons. The van der Waals surface area contributed by atoms with Gasteiger partial charge in [0, 0.05) is 25.9 Å². The molecule has 0 atom stereocenters. The molecule has 3 aromatic rings. The smallest absolute Gasteiger partial charge is 0.140 e. The minimum atomic E-state index is -0.642. The van der Waals surface area contributed by atoms with Gasteiger partial charge >= 0.3 is 0 Å². The van der Waals surface area contributed by atoms with Crippen molar-refractivity contribution in [2.75, 3.05) is 0 Å². The van der Waals surface area contributed by atoms with E-state index in [-0.39, 0.29) is 5.54 Å². The molecule has 0 radical (unpaired) electrons. The van der Waals surface area contributed by atoms with Gasteiger partial charge in [0.1, 0.15) is 5.57 Å². The summed E-state index contributed by atoms with van der Waals surface area (Å²) < 4.78 is 2.30. The third-order valence-electron chi connectivity index (χ3n) is 3.57. The van der Waals surface area contributed by atoms with Crippen LogP contribution in [0.3, 0.4) is 0 Å². The van der Waals surface area contributed by atoms with Crippen LogP contribution in [0.5, 0.6) is 0 Å². The van der Waals surface area contributed by atoms with Gasteiger partial charge in [0.2, 0.25) is 0 Å². The lowest BCUT2D eigenvalue weighted by Gasteiger charge is -2.27. The van der Waals surface area contributed by atoms with Crippen molar-refractivity contribution in [2.45, 2.75) is 26.3 Å². The molecule has 0 spiro atoms. The molecule has 1 heterocycles. The summed E-state index contributed by atoms with van der Waals surface area (Å²) in [5.41, 5.74) is 1.18. The SMILES string of the molecule is CC(C)(C)n1ccnc1P(c1ccccc1)c1ccccc1. The molecule has 0 aliphatic rings. The maximum absolute atomic E-state index is 4.73. The average Bonchev–Trinajstić information content (AvgIpc) is 2.99. The topological polar surface area (TPSA) is 17.8 Å². The number of rotatable bonds is 3. The van der Waals surface area contributed by atoms with E-state index in [0.29, 0.717) is 0 Å². The van der Waals surface area contributed by atoms with Crippen molar-refractivity contribution in [3.8, 4) is 0 Å². The molecule has 0 aliphatic heterocycles. The molecular formula is C19H21N2P. The van der Waals surface area contributed by atoms with Crippen molar-refractivity contribution in [3.63, 3.8) is 0 Å². The van der Waals surface area contributed by atoms with Crippen LogP contribution in [0.4, 0.5) is 0 Å². The first-order valence-electron chi connectivity index (χ1n) is 7.51. The van der Waals surface area contributed by atoms with E-state index in [9.17, 15) is 0 Å². The first-order valence-corrected chi connectivity index (χ1v) is 8.85. The third kappa shape index (κ3) is 2.98. The van der Waals surface area contributed by atoms with Crippen LogP contribution in [0.2, 0.25) is 0 Å². The molecule has 0 amide bonds. The van der Waals surface area contributed by atoms with E-state index in [4.69, 9.17) is 4.98 Å². The Kier molecular flexibility index (Phi) is 4.13. The summed E-state index contributed by atoms with van der Waals surface area (Å²) in [5, 5.41) is 2.67. The van der Waals surface area contributed by atoms with Crippen molar-refractivity contribution < 1.29 is 0 Å². The van der Waals surface area contributed by atoms with E-state index >= 15 is 0 Å². The molecule has 0 saturated heterocycles.